The largest absolute Gasteiger partial charge is 2.00 e. The maximum atomic E-state index is 4.63. The van der Waals surface area contributed by atoms with Crippen LogP contribution in [-0.4, -0.2) is 53.0 Å². The molecule has 16 nitrogen and oxygen atoms in total. The third-order valence-electron chi connectivity index (χ3n) is 5.34. The summed E-state index contributed by atoms with van der Waals surface area (Å²) in [5.74, 6) is 1.19. The summed E-state index contributed by atoms with van der Waals surface area (Å²) in [6.45, 7) is 0. The molecule has 0 amide bonds. The van der Waals surface area contributed by atoms with Gasteiger partial charge in [0, 0.05) is 22.6 Å². The van der Waals surface area contributed by atoms with Gasteiger partial charge in [0.25, 0.3) is 0 Å². The van der Waals surface area contributed by atoms with E-state index in [2.05, 4.69) is 74.8 Å². The first-order chi connectivity index (χ1) is 17.8. The molecule has 6 aliphatic heterocycles. The maximum absolute atomic E-state index is 4.63. The molecule has 0 aromatic carbocycles. The van der Waals surface area contributed by atoms with Crippen LogP contribution in [0, 0.1) is 0 Å². The number of fused-ring (bicyclic) bond motifs is 18. The molecular formula is C16MgN16S4. The second-order valence-corrected chi connectivity index (χ2v) is 9.44. The Labute approximate surface area is 233 Å². The molecule has 0 radical (unpaired) electrons. The molecule has 21 heteroatoms. The standard InChI is InChI=1S/C16N16S4.Mg/c17-9-1-2(26-33-25-1)10(17)22-12-5-6(30-35-29-5)14(19-12)24-16-8-7(31-36-32-8)15(20-16)23-13-4-3(27-34-28-4)11(18-13)21-9;/q-2;+2. The molecule has 0 N–H and O–H groups in total. The molecule has 0 saturated heterocycles. The second kappa shape index (κ2) is 7.69. The summed E-state index contributed by atoms with van der Waals surface area (Å²) < 4.78 is 34.8. The molecule has 0 atom stereocenters. The van der Waals surface area contributed by atoms with Crippen molar-refractivity contribution in [1.82, 2.24) is 39.9 Å². The van der Waals surface area contributed by atoms with E-state index < -0.39 is 0 Å². The van der Waals surface area contributed by atoms with Gasteiger partial charge < -0.3 is 29.9 Å². The molecule has 0 fully saturated rings. The van der Waals surface area contributed by atoms with Gasteiger partial charge in [-0.05, 0) is 0 Å². The summed E-state index contributed by atoms with van der Waals surface area (Å²) in [4.78, 5) is 36.8. The Bertz CT molecular complexity index is 1920. The molecule has 9 rings (SSSR count). The summed E-state index contributed by atoms with van der Waals surface area (Å²) in [5.41, 5.74) is 5.10. The third kappa shape index (κ3) is 2.96. The van der Waals surface area contributed by atoms with E-state index >= 15 is 0 Å². The van der Waals surface area contributed by atoms with Gasteiger partial charge in [-0.2, -0.15) is 34.9 Å². The van der Waals surface area contributed by atoms with Crippen molar-refractivity contribution in [1.29, 1.82) is 0 Å². The van der Waals surface area contributed by atoms with Gasteiger partial charge in [-0.25, -0.2) is 9.97 Å². The Kier molecular flexibility index (Phi) is 4.46. The topological polar surface area (TPSA) is 204 Å². The van der Waals surface area contributed by atoms with Gasteiger partial charge in [-0.1, -0.05) is 0 Å². The van der Waals surface area contributed by atoms with Gasteiger partial charge in [0.15, 0.2) is 0 Å². The van der Waals surface area contributed by atoms with Crippen molar-refractivity contribution >= 4 is 137 Å². The molecule has 0 saturated carbocycles. The molecule has 0 aliphatic carbocycles. The first kappa shape index (κ1) is 21.5. The van der Waals surface area contributed by atoms with E-state index in [4.69, 9.17) is 0 Å². The molecule has 6 aliphatic rings. The first-order valence-corrected chi connectivity index (χ1v) is 12.7. The number of aromatic nitrogens is 8. The molecule has 37 heavy (non-hydrogen) atoms. The van der Waals surface area contributed by atoms with Crippen molar-refractivity contribution in [3.05, 3.63) is 23.3 Å². The Balaban J connectivity index is 0.00000215. The molecule has 0 unspecified atom stereocenters. The average molecular weight is 569 g/mol. The smallest absolute Gasteiger partial charge is 0.354 e. The molecular weight excluding hydrogens is 569 g/mol. The Hall–Kier alpha value is -3.63. The Morgan fingerprint density at radius 3 is 0.919 bits per heavy atom. The van der Waals surface area contributed by atoms with E-state index in [1.54, 1.807) is 0 Å². The summed E-state index contributed by atoms with van der Waals surface area (Å²) in [5, 5.41) is 0. The zero-order valence-corrected chi connectivity index (χ0v) is 22.2. The van der Waals surface area contributed by atoms with Crippen molar-refractivity contribution in [2.24, 2.45) is 34.9 Å². The van der Waals surface area contributed by atoms with E-state index in [0.29, 0.717) is 91.4 Å². The summed E-state index contributed by atoms with van der Waals surface area (Å²) in [6.07, 6.45) is 0. The van der Waals surface area contributed by atoms with Crippen molar-refractivity contribution in [2.75, 3.05) is 0 Å². The molecule has 9 heterocycles. The summed E-state index contributed by atoms with van der Waals surface area (Å²) in [6, 6.07) is 0. The van der Waals surface area contributed by atoms with Crippen LogP contribution in [0.4, 0.5) is 22.7 Å². The number of hydrogen-bond donors (Lipinski definition) is 0. The average Bonchev–Trinajstić information content (AvgIpc) is 3.67. The zero-order valence-electron chi connectivity index (χ0n) is 17.5. The van der Waals surface area contributed by atoms with E-state index in [0.717, 1.165) is 45.4 Å². The minimum absolute atomic E-state index is 0. The van der Waals surface area contributed by atoms with Gasteiger partial charge in [0.05, 0.1) is 45.4 Å². The van der Waals surface area contributed by atoms with Crippen LogP contribution in [0.3, 0.4) is 0 Å². The number of rotatable bonds is 0. The molecule has 170 valence electrons. The van der Waals surface area contributed by atoms with Gasteiger partial charge in [-0.15, -0.1) is 0 Å². The molecule has 8 bridgehead atoms. The van der Waals surface area contributed by atoms with Crippen LogP contribution in [0.15, 0.2) is 34.9 Å². The van der Waals surface area contributed by atoms with Gasteiger partial charge in [-0.3, -0.25) is 0 Å². The van der Waals surface area contributed by atoms with Crippen LogP contribution in [0.2, 0.25) is 0 Å². The molecule has 0 spiro atoms. The van der Waals surface area contributed by atoms with Crippen molar-refractivity contribution in [3.8, 4) is 0 Å². The van der Waals surface area contributed by atoms with Gasteiger partial charge in [0.2, 0.25) is 0 Å². The fourth-order valence-corrected chi connectivity index (χ4v) is 5.94. The first-order valence-electron chi connectivity index (χ1n) is 9.83. The fourth-order valence-electron chi connectivity index (χ4n) is 3.78. The van der Waals surface area contributed by atoms with Crippen LogP contribution >= 0.6 is 0 Å². The predicted molar refractivity (Wildman–Crippen MR) is 137 cm³/mol. The predicted octanol–water partition coefficient (Wildman–Crippen LogP) is 2.80. The monoisotopic (exact) mass is 568 g/mol. The second-order valence-electron chi connectivity index (χ2n) is 7.33. The number of nitrogens with zero attached hydrogens (tertiary/aromatic N) is 16. The van der Waals surface area contributed by atoms with E-state index in [9.17, 15) is 0 Å². The van der Waals surface area contributed by atoms with E-state index in [1.807, 2.05) is 0 Å². The van der Waals surface area contributed by atoms with E-state index in [1.165, 1.54) is 0 Å². The number of hydrogen-bond acceptors (Lipinski definition) is 14. The van der Waals surface area contributed by atoms with Crippen LogP contribution in [0.5, 0.6) is 0 Å². The van der Waals surface area contributed by atoms with E-state index in [-0.39, 0.29) is 23.1 Å². The van der Waals surface area contributed by atoms with Crippen molar-refractivity contribution in [2.45, 2.75) is 0 Å². The van der Waals surface area contributed by atoms with Gasteiger partial charge in [0.1, 0.15) is 68.8 Å². The van der Waals surface area contributed by atoms with Crippen LogP contribution < -0.4 is 9.97 Å². The minimum Gasteiger partial charge on any atom is -0.354 e. The van der Waals surface area contributed by atoms with Crippen LogP contribution in [0.1, 0.15) is 23.3 Å². The summed E-state index contributed by atoms with van der Waals surface area (Å²) >= 11 is 4.13. The zero-order chi connectivity index (χ0) is 23.4. The quantitative estimate of drug-likeness (QED) is 0.253. The molecule has 3 aromatic heterocycles. The Morgan fingerprint density at radius 1 is 0.351 bits per heavy atom. The normalized spacial score (nSPS) is 16.6. The van der Waals surface area contributed by atoms with Gasteiger partial charge >= 0.3 is 23.1 Å². The minimum atomic E-state index is 0. The Morgan fingerprint density at radius 2 is 0.622 bits per heavy atom. The summed E-state index contributed by atoms with van der Waals surface area (Å²) in [7, 11) is 0. The third-order valence-corrected chi connectivity index (χ3v) is 7.46. The van der Waals surface area contributed by atoms with Crippen LogP contribution in [-0.2, 0) is 45.4 Å². The SMILES string of the molecule is N1=S=NC2=C1c1nc2nc2[n-]c(nc3nc(nc4[n-]c(n1)c1c4N=S=N1)C1=C3N=S=N1)c1c2N=S=N1.[Mg+2]. The fraction of sp³-hybridized carbons (Fsp3) is 0. The van der Waals surface area contributed by atoms with Crippen molar-refractivity contribution < 1.29 is 0 Å². The molecule has 3 aromatic rings. The van der Waals surface area contributed by atoms with Crippen LogP contribution in [0.25, 0.3) is 45.4 Å². The van der Waals surface area contributed by atoms with Crippen molar-refractivity contribution in [3.63, 3.8) is 0 Å². The maximum Gasteiger partial charge on any atom is 2.00 e.